The topological polar surface area (TPSA) is 29.0 Å². The SMILES string of the molecule is Brc1ccc(-c2ncccn2)cc1CN(c1ccc(-c2ccccc2)cc1)c1ccc(-c2ccccc2)cc1. The fourth-order valence-corrected chi connectivity index (χ4v) is 5.09. The maximum atomic E-state index is 4.45. The zero-order valence-electron chi connectivity index (χ0n) is 21.3. The van der Waals surface area contributed by atoms with Crippen LogP contribution in [0.2, 0.25) is 0 Å². The lowest BCUT2D eigenvalue weighted by Crippen LogP contribution is -2.17. The van der Waals surface area contributed by atoms with Gasteiger partial charge in [0.2, 0.25) is 0 Å². The normalized spacial score (nSPS) is 10.8. The first-order valence-electron chi connectivity index (χ1n) is 12.9. The molecule has 0 N–H and O–H groups in total. The van der Waals surface area contributed by atoms with Crippen molar-refractivity contribution < 1.29 is 0 Å². The fourth-order valence-electron chi connectivity index (χ4n) is 4.71. The van der Waals surface area contributed by atoms with Gasteiger partial charge in [0, 0.05) is 40.3 Å². The van der Waals surface area contributed by atoms with Gasteiger partial charge in [0.15, 0.2) is 5.82 Å². The lowest BCUT2D eigenvalue weighted by molar-refractivity contribution is 0.969. The van der Waals surface area contributed by atoms with Crippen molar-refractivity contribution >= 4 is 27.3 Å². The molecule has 6 rings (SSSR count). The average Bonchev–Trinajstić information content (AvgIpc) is 3.02. The number of benzene rings is 5. The van der Waals surface area contributed by atoms with E-state index in [1.165, 1.54) is 22.3 Å². The maximum absolute atomic E-state index is 4.45. The summed E-state index contributed by atoms with van der Waals surface area (Å²) < 4.78 is 1.05. The van der Waals surface area contributed by atoms with Gasteiger partial charge in [-0.1, -0.05) is 107 Å². The average molecular weight is 569 g/mol. The number of rotatable bonds is 7. The molecule has 3 nitrogen and oxygen atoms in total. The lowest BCUT2D eigenvalue weighted by Gasteiger charge is -2.26. The summed E-state index contributed by atoms with van der Waals surface area (Å²) in [5, 5.41) is 0. The number of hydrogen-bond donors (Lipinski definition) is 0. The predicted octanol–water partition coefficient (Wildman–Crippen LogP) is 9.58. The van der Waals surface area contributed by atoms with Gasteiger partial charge in [0.1, 0.15) is 0 Å². The van der Waals surface area contributed by atoms with Crippen LogP contribution in [0.25, 0.3) is 33.6 Å². The van der Waals surface area contributed by atoms with Crippen LogP contribution in [0.1, 0.15) is 5.56 Å². The Morgan fingerprint density at radius 3 is 1.46 bits per heavy atom. The molecule has 0 radical (unpaired) electrons. The molecule has 0 fully saturated rings. The van der Waals surface area contributed by atoms with Gasteiger partial charge in [-0.25, -0.2) is 9.97 Å². The molecule has 0 unspecified atom stereocenters. The minimum absolute atomic E-state index is 0.677. The van der Waals surface area contributed by atoms with Crippen molar-refractivity contribution in [1.82, 2.24) is 9.97 Å². The van der Waals surface area contributed by atoms with Gasteiger partial charge in [0.25, 0.3) is 0 Å². The minimum atomic E-state index is 0.677. The second-order valence-electron chi connectivity index (χ2n) is 9.29. The van der Waals surface area contributed by atoms with Crippen LogP contribution in [0.15, 0.2) is 150 Å². The molecular weight excluding hydrogens is 542 g/mol. The molecular formula is C35H26BrN3. The summed E-state index contributed by atoms with van der Waals surface area (Å²) in [6, 6.07) is 46.7. The molecule has 188 valence electrons. The molecule has 0 saturated heterocycles. The van der Waals surface area contributed by atoms with Gasteiger partial charge >= 0.3 is 0 Å². The van der Waals surface area contributed by atoms with E-state index in [9.17, 15) is 0 Å². The van der Waals surface area contributed by atoms with Gasteiger partial charge in [0.05, 0.1) is 0 Å². The van der Waals surface area contributed by atoms with Crippen LogP contribution in [0.3, 0.4) is 0 Å². The highest BCUT2D eigenvalue weighted by Crippen LogP contribution is 2.34. The number of anilines is 2. The van der Waals surface area contributed by atoms with Gasteiger partial charge < -0.3 is 4.90 Å². The Labute approximate surface area is 237 Å². The maximum Gasteiger partial charge on any atom is 0.159 e. The first kappa shape index (κ1) is 24.8. The molecule has 1 aromatic heterocycles. The van der Waals surface area contributed by atoms with Crippen LogP contribution in [-0.2, 0) is 6.54 Å². The Hall–Kier alpha value is -4.54. The monoisotopic (exact) mass is 567 g/mol. The number of hydrogen-bond acceptors (Lipinski definition) is 3. The quantitative estimate of drug-likeness (QED) is 0.192. The fraction of sp³-hybridized carbons (Fsp3) is 0.0286. The van der Waals surface area contributed by atoms with Crippen LogP contribution in [0.4, 0.5) is 11.4 Å². The summed E-state index contributed by atoms with van der Waals surface area (Å²) in [6.45, 7) is 0.677. The van der Waals surface area contributed by atoms with Gasteiger partial charge in [-0.15, -0.1) is 0 Å². The zero-order chi connectivity index (χ0) is 26.4. The van der Waals surface area contributed by atoms with Crippen LogP contribution < -0.4 is 4.90 Å². The van der Waals surface area contributed by atoms with Crippen LogP contribution >= 0.6 is 15.9 Å². The van der Waals surface area contributed by atoms with E-state index in [-0.39, 0.29) is 0 Å². The van der Waals surface area contributed by atoms with Crippen molar-refractivity contribution in [1.29, 1.82) is 0 Å². The van der Waals surface area contributed by atoms with Gasteiger partial charge in [-0.05, 0) is 70.3 Å². The van der Waals surface area contributed by atoms with Crippen LogP contribution in [0, 0.1) is 0 Å². The first-order valence-corrected chi connectivity index (χ1v) is 13.7. The minimum Gasteiger partial charge on any atom is -0.337 e. The highest BCUT2D eigenvalue weighted by atomic mass is 79.9. The van der Waals surface area contributed by atoms with Crippen LogP contribution in [0.5, 0.6) is 0 Å². The van der Waals surface area contributed by atoms with Crippen molar-refractivity contribution in [3.8, 4) is 33.6 Å². The molecule has 0 aliphatic heterocycles. The smallest absolute Gasteiger partial charge is 0.159 e. The van der Waals surface area contributed by atoms with E-state index in [0.717, 1.165) is 32.8 Å². The molecule has 6 aromatic rings. The van der Waals surface area contributed by atoms with Crippen molar-refractivity contribution in [2.75, 3.05) is 4.90 Å². The van der Waals surface area contributed by atoms with E-state index in [0.29, 0.717) is 6.54 Å². The molecule has 0 aliphatic rings. The molecule has 0 atom stereocenters. The predicted molar refractivity (Wildman–Crippen MR) is 165 cm³/mol. The molecule has 39 heavy (non-hydrogen) atoms. The second kappa shape index (κ2) is 11.5. The molecule has 1 heterocycles. The summed E-state index contributed by atoms with van der Waals surface area (Å²) in [5.74, 6) is 0.720. The Morgan fingerprint density at radius 2 is 0.949 bits per heavy atom. The molecule has 0 amide bonds. The van der Waals surface area contributed by atoms with E-state index in [4.69, 9.17) is 0 Å². The Bertz CT molecular complexity index is 1570. The second-order valence-corrected chi connectivity index (χ2v) is 10.1. The van der Waals surface area contributed by atoms with Gasteiger partial charge in [-0.3, -0.25) is 0 Å². The molecule has 0 saturated carbocycles. The molecule has 0 bridgehead atoms. The standard InChI is InChI=1S/C35H26BrN3/c36-34-21-16-30(35-37-22-7-23-38-35)24-31(34)25-39(32-17-12-28(13-18-32)26-8-3-1-4-9-26)33-19-14-29(15-20-33)27-10-5-2-6-11-27/h1-24H,25H2. The van der Waals surface area contributed by atoms with Crippen molar-refractivity contribution in [3.05, 3.63) is 156 Å². The number of nitrogens with zero attached hydrogens (tertiary/aromatic N) is 3. The molecule has 0 aliphatic carbocycles. The third-order valence-corrected chi connectivity index (χ3v) is 7.54. The van der Waals surface area contributed by atoms with E-state index in [1.54, 1.807) is 12.4 Å². The lowest BCUT2D eigenvalue weighted by atomic mass is 10.0. The van der Waals surface area contributed by atoms with Crippen molar-refractivity contribution in [3.63, 3.8) is 0 Å². The summed E-state index contributed by atoms with van der Waals surface area (Å²) in [7, 11) is 0. The molecule has 4 heteroatoms. The highest BCUT2D eigenvalue weighted by molar-refractivity contribution is 9.10. The van der Waals surface area contributed by atoms with E-state index in [2.05, 4.69) is 146 Å². The molecule has 0 spiro atoms. The summed E-state index contributed by atoms with van der Waals surface area (Å²) in [4.78, 5) is 11.3. The van der Waals surface area contributed by atoms with E-state index in [1.807, 2.05) is 18.2 Å². The first-order chi connectivity index (χ1) is 19.2. The summed E-state index contributed by atoms with van der Waals surface area (Å²) >= 11 is 3.79. The zero-order valence-corrected chi connectivity index (χ0v) is 22.9. The van der Waals surface area contributed by atoms with E-state index >= 15 is 0 Å². The Balaban J connectivity index is 1.38. The summed E-state index contributed by atoms with van der Waals surface area (Å²) in [5.41, 5.74) is 9.20. The third-order valence-electron chi connectivity index (χ3n) is 6.77. The third kappa shape index (κ3) is 5.66. The Morgan fingerprint density at radius 1 is 0.487 bits per heavy atom. The summed E-state index contributed by atoms with van der Waals surface area (Å²) in [6.07, 6.45) is 3.55. The number of aromatic nitrogens is 2. The van der Waals surface area contributed by atoms with E-state index < -0.39 is 0 Å². The highest BCUT2D eigenvalue weighted by Gasteiger charge is 2.15. The van der Waals surface area contributed by atoms with Crippen molar-refractivity contribution in [2.45, 2.75) is 6.54 Å². The largest absolute Gasteiger partial charge is 0.337 e. The molecule has 5 aromatic carbocycles. The number of halogens is 1. The Kier molecular flexibility index (Phi) is 7.28. The van der Waals surface area contributed by atoms with Gasteiger partial charge in [-0.2, -0.15) is 0 Å². The van der Waals surface area contributed by atoms with Crippen LogP contribution in [-0.4, -0.2) is 9.97 Å². The van der Waals surface area contributed by atoms with Crippen molar-refractivity contribution in [2.24, 2.45) is 0 Å².